The number of amides is 3. The van der Waals surface area contributed by atoms with Crippen LogP contribution in [0.2, 0.25) is 0 Å². The van der Waals surface area contributed by atoms with Crippen LogP contribution in [0.3, 0.4) is 0 Å². The number of likely N-dealkylation sites (tertiary alicyclic amines) is 1. The fraction of sp³-hybridized carbons (Fsp3) is 0.444. The van der Waals surface area contributed by atoms with Gasteiger partial charge in [-0.3, -0.25) is 19.5 Å². The van der Waals surface area contributed by atoms with Crippen LogP contribution in [0.4, 0.5) is 18.9 Å². The van der Waals surface area contributed by atoms with Crippen LogP contribution < -0.4 is 4.90 Å². The standard InChI is InChI=1S/C27H28F3N7O4/c28-27(29,30)22-15-35(12-13-41-22)23(38)16-36-17-37(18-4-2-1-3-5-18)26(25(36)40)8-10-34(11-9-26)24(39)20-7-6-19-21(32-20)14-31-33-19/h1-7,14,22H,8-13,15-17H2,(H,31,33)/t22-/m1/s1. The van der Waals surface area contributed by atoms with E-state index in [1.807, 2.05) is 35.2 Å². The van der Waals surface area contributed by atoms with Gasteiger partial charge in [-0.25, -0.2) is 4.98 Å². The van der Waals surface area contributed by atoms with Crippen molar-refractivity contribution in [2.75, 3.05) is 50.9 Å². The quantitative estimate of drug-likeness (QED) is 0.510. The Labute approximate surface area is 232 Å². The Bertz CT molecular complexity index is 1460. The normalized spacial score (nSPS) is 21.2. The van der Waals surface area contributed by atoms with Gasteiger partial charge in [-0.1, -0.05) is 18.2 Å². The maximum atomic E-state index is 14.0. The van der Waals surface area contributed by atoms with Gasteiger partial charge in [-0.2, -0.15) is 18.3 Å². The molecule has 1 N–H and O–H groups in total. The lowest BCUT2D eigenvalue weighted by atomic mass is 9.85. The highest BCUT2D eigenvalue weighted by atomic mass is 19.4. The van der Waals surface area contributed by atoms with Gasteiger partial charge < -0.3 is 24.3 Å². The highest BCUT2D eigenvalue weighted by Gasteiger charge is 2.55. The average Bonchev–Trinajstić information content (AvgIpc) is 3.56. The number of hydrogen-bond donors (Lipinski definition) is 1. The summed E-state index contributed by atoms with van der Waals surface area (Å²) in [7, 11) is 0. The van der Waals surface area contributed by atoms with Crippen molar-refractivity contribution in [1.82, 2.24) is 29.9 Å². The van der Waals surface area contributed by atoms with Gasteiger partial charge >= 0.3 is 6.18 Å². The zero-order chi connectivity index (χ0) is 28.8. The Hall–Kier alpha value is -4.20. The molecular weight excluding hydrogens is 543 g/mol. The number of para-hydroxylation sites is 1. The molecule has 216 valence electrons. The summed E-state index contributed by atoms with van der Waals surface area (Å²) in [6, 6.07) is 12.7. The molecular formula is C27H28F3N7O4. The summed E-state index contributed by atoms with van der Waals surface area (Å²) in [5, 5.41) is 6.74. The van der Waals surface area contributed by atoms with Crippen molar-refractivity contribution in [3.8, 4) is 0 Å². The number of fused-ring (bicyclic) bond motifs is 1. The number of hydrogen-bond acceptors (Lipinski definition) is 7. The molecule has 3 aliphatic rings. The molecule has 1 atom stereocenters. The molecule has 3 aliphatic heterocycles. The molecule has 1 spiro atoms. The minimum absolute atomic E-state index is 0.0245. The van der Waals surface area contributed by atoms with Crippen LogP contribution in [0, 0.1) is 0 Å². The monoisotopic (exact) mass is 571 g/mol. The molecule has 0 bridgehead atoms. The number of anilines is 1. The second-order valence-electron chi connectivity index (χ2n) is 10.5. The molecule has 3 saturated heterocycles. The minimum atomic E-state index is -4.58. The number of halogens is 3. The van der Waals surface area contributed by atoms with Gasteiger partial charge in [0, 0.05) is 25.3 Å². The minimum Gasteiger partial charge on any atom is -0.365 e. The largest absolute Gasteiger partial charge is 0.416 e. The Morgan fingerprint density at radius 3 is 2.54 bits per heavy atom. The van der Waals surface area contributed by atoms with Crippen LogP contribution >= 0.6 is 0 Å². The van der Waals surface area contributed by atoms with E-state index in [-0.39, 0.29) is 57.0 Å². The summed E-state index contributed by atoms with van der Waals surface area (Å²) < 4.78 is 44.4. The predicted octanol–water partition coefficient (Wildman–Crippen LogP) is 2.03. The second-order valence-corrected chi connectivity index (χ2v) is 10.5. The number of carbonyl (C=O) groups excluding carboxylic acids is 3. The topological polar surface area (TPSA) is 115 Å². The number of ether oxygens (including phenoxy) is 1. The van der Waals surface area contributed by atoms with Crippen molar-refractivity contribution in [3.63, 3.8) is 0 Å². The lowest BCUT2D eigenvalue weighted by Crippen LogP contribution is -2.57. The van der Waals surface area contributed by atoms with Crippen molar-refractivity contribution < 1.29 is 32.3 Å². The van der Waals surface area contributed by atoms with Gasteiger partial charge in [0.05, 0.1) is 31.5 Å². The fourth-order valence-electron chi connectivity index (χ4n) is 5.85. The number of aromatic amines is 1. The van der Waals surface area contributed by atoms with Gasteiger partial charge in [-0.05, 0) is 37.1 Å². The number of rotatable bonds is 4. The van der Waals surface area contributed by atoms with Crippen molar-refractivity contribution in [3.05, 3.63) is 54.4 Å². The molecule has 3 amide bonds. The van der Waals surface area contributed by atoms with Crippen molar-refractivity contribution in [2.24, 2.45) is 0 Å². The van der Waals surface area contributed by atoms with E-state index in [0.29, 0.717) is 18.4 Å². The summed E-state index contributed by atoms with van der Waals surface area (Å²) in [4.78, 5) is 50.8. The van der Waals surface area contributed by atoms with E-state index in [1.165, 1.54) is 4.90 Å². The second kappa shape index (κ2) is 10.3. The Kier molecular flexibility index (Phi) is 6.80. The number of morpholine rings is 1. The first kappa shape index (κ1) is 27.0. The summed E-state index contributed by atoms with van der Waals surface area (Å²) in [5.41, 5.74) is 1.36. The first-order valence-electron chi connectivity index (χ1n) is 13.3. The molecule has 0 saturated carbocycles. The van der Waals surface area contributed by atoms with Crippen LogP contribution in [0.1, 0.15) is 23.3 Å². The van der Waals surface area contributed by atoms with E-state index in [2.05, 4.69) is 15.2 Å². The van der Waals surface area contributed by atoms with Gasteiger partial charge in [0.2, 0.25) is 5.91 Å². The Balaban J connectivity index is 1.19. The van der Waals surface area contributed by atoms with Crippen LogP contribution in [0.25, 0.3) is 11.0 Å². The molecule has 1 aromatic carbocycles. The summed E-state index contributed by atoms with van der Waals surface area (Å²) in [5.74, 6) is -1.09. The maximum Gasteiger partial charge on any atom is 0.416 e. The Morgan fingerprint density at radius 2 is 1.80 bits per heavy atom. The van der Waals surface area contributed by atoms with Gasteiger partial charge in [-0.15, -0.1) is 0 Å². The van der Waals surface area contributed by atoms with E-state index in [0.717, 1.165) is 16.1 Å². The number of alkyl halides is 3. The Morgan fingerprint density at radius 1 is 1.05 bits per heavy atom. The molecule has 3 aromatic rings. The van der Waals surface area contributed by atoms with E-state index < -0.39 is 30.3 Å². The molecule has 41 heavy (non-hydrogen) atoms. The van der Waals surface area contributed by atoms with Gasteiger partial charge in [0.15, 0.2) is 6.10 Å². The van der Waals surface area contributed by atoms with Crippen LogP contribution in [0.15, 0.2) is 48.7 Å². The molecule has 5 heterocycles. The number of benzene rings is 1. The number of aromatic nitrogens is 3. The number of H-pyrrole nitrogens is 1. The number of nitrogens with zero attached hydrogens (tertiary/aromatic N) is 6. The highest BCUT2D eigenvalue weighted by Crippen LogP contribution is 2.40. The molecule has 14 heteroatoms. The summed E-state index contributed by atoms with van der Waals surface area (Å²) in [6.07, 6.45) is -4.45. The van der Waals surface area contributed by atoms with Crippen molar-refractivity contribution >= 4 is 34.4 Å². The third kappa shape index (κ3) is 4.96. The molecule has 3 fully saturated rings. The smallest absolute Gasteiger partial charge is 0.365 e. The van der Waals surface area contributed by atoms with Crippen molar-refractivity contribution in [2.45, 2.75) is 30.7 Å². The lowest BCUT2D eigenvalue weighted by molar-refractivity contribution is -0.236. The summed E-state index contributed by atoms with van der Waals surface area (Å²) in [6.45, 7) is -0.463. The van der Waals surface area contributed by atoms with Crippen molar-refractivity contribution in [1.29, 1.82) is 0 Å². The fourth-order valence-corrected chi connectivity index (χ4v) is 5.85. The number of pyridine rings is 1. The zero-order valence-corrected chi connectivity index (χ0v) is 22.0. The van der Waals surface area contributed by atoms with Crippen LogP contribution in [0.5, 0.6) is 0 Å². The number of carbonyl (C=O) groups is 3. The van der Waals surface area contributed by atoms with E-state index in [9.17, 15) is 27.6 Å². The van der Waals surface area contributed by atoms with Crippen LogP contribution in [-0.4, -0.2) is 111 Å². The molecule has 0 aliphatic carbocycles. The SMILES string of the molecule is O=C(CN1CN(c2ccccc2)C2(CCN(C(=O)c3ccc4[nH]ncc4n3)CC2)C1=O)N1CCO[C@@H](C(F)(F)F)C1. The third-order valence-corrected chi connectivity index (χ3v) is 8.09. The maximum absolute atomic E-state index is 14.0. The predicted molar refractivity (Wildman–Crippen MR) is 140 cm³/mol. The third-order valence-electron chi connectivity index (χ3n) is 8.09. The molecule has 2 aromatic heterocycles. The van der Waals surface area contributed by atoms with Gasteiger partial charge in [0.1, 0.15) is 23.3 Å². The van der Waals surface area contributed by atoms with E-state index in [1.54, 1.807) is 23.2 Å². The molecule has 0 unspecified atom stereocenters. The first-order chi connectivity index (χ1) is 19.7. The first-order valence-corrected chi connectivity index (χ1v) is 13.3. The number of nitrogens with one attached hydrogen (secondary N) is 1. The van der Waals surface area contributed by atoms with Gasteiger partial charge in [0.25, 0.3) is 11.8 Å². The average molecular weight is 572 g/mol. The molecule has 6 rings (SSSR count). The highest BCUT2D eigenvalue weighted by molar-refractivity contribution is 5.97. The van der Waals surface area contributed by atoms with E-state index in [4.69, 9.17) is 4.74 Å². The summed E-state index contributed by atoms with van der Waals surface area (Å²) >= 11 is 0. The zero-order valence-electron chi connectivity index (χ0n) is 22.0. The molecule has 11 nitrogen and oxygen atoms in total. The van der Waals surface area contributed by atoms with E-state index >= 15 is 0 Å². The number of piperidine rings is 1. The lowest BCUT2D eigenvalue weighted by Gasteiger charge is -2.43. The molecule has 0 radical (unpaired) electrons. The van der Waals surface area contributed by atoms with Crippen LogP contribution in [-0.2, 0) is 14.3 Å².